The lowest BCUT2D eigenvalue weighted by molar-refractivity contribution is 0.573. The minimum Gasteiger partial charge on any atom is -0.454 e. The largest absolute Gasteiger partial charge is 0.454 e. The molecule has 7 heteroatoms. The van der Waals surface area contributed by atoms with Gasteiger partial charge >= 0.3 is 0 Å². The lowest BCUT2D eigenvalue weighted by Gasteiger charge is -2.27. The first-order valence-corrected chi connectivity index (χ1v) is 46.3. The second-order valence-corrected chi connectivity index (χ2v) is 44.9. The standard InChI is InChI=1S/C65H61N3O.C56H53N3/c1-36-18-14-15-22-52(36)66(54-23-17-20-43-42-19-16-21-51(65(11,12)13)60(42)69-61(43)54)40-25-26-41-47-29-38(63(5,6)7)31-49-46-34-56-45(35-57(46)68(58(47)49)55(41)33-40)50-32-39(64(8,9)10)30-48-44-28-37(62(2,3)4)24-27-53(44)67(56)59(48)50;1-32-17-18-33(2)48(23-32)57(37-15-13-12-14-16-37)38-20-21-39-43-25-35(55(6,7)8)27-45-42-30-50-41(31-51(42)59(52(43)45)49(39)29-38)46-28-36(56(9,10)11)26-44-40-24-34(54(3,4)5)19-22-47(40)58(50)53(44)46/h14-35H,1-13H3;12-31H,1-11H3. The maximum absolute atomic E-state index is 7.10. The number of hydrogen-bond donors (Lipinski definition) is 0. The highest BCUT2D eigenvalue weighted by Crippen LogP contribution is 2.54. The summed E-state index contributed by atoms with van der Waals surface area (Å²) in [6.07, 6.45) is 0. The van der Waals surface area contributed by atoms with E-state index in [9.17, 15) is 0 Å². The van der Waals surface area contributed by atoms with Crippen molar-refractivity contribution in [2.45, 2.75) is 204 Å². The molecule has 0 fully saturated rings. The number of aromatic nitrogens is 4. The third-order valence-corrected chi connectivity index (χ3v) is 29.0. The third-order valence-electron chi connectivity index (χ3n) is 29.0. The molecule has 15 aromatic carbocycles. The van der Waals surface area contributed by atoms with Crippen LogP contribution in [0.25, 0.3) is 174 Å². The lowest BCUT2D eigenvalue weighted by Crippen LogP contribution is -2.11. The Morgan fingerprint density at radius 2 is 0.539 bits per heavy atom. The van der Waals surface area contributed by atoms with E-state index in [-0.39, 0.29) is 37.9 Å². The number of fused-ring (bicyclic) bond motifs is 27. The zero-order valence-electron chi connectivity index (χ0n) is 78.8. The van der Waals surface area contributed by atoms with E-state index in [0.29, 0.717) is 0 Å². The molecule has 0 aliphatic carbocycles. The molecule has 0 spiro atoms. The van der Waals surface area contributed by atoms with Crippen LogP contribution in [-0.2, 0) is 37.9 Å². The number of rotatable bonds is 6. The van der Waals surface area contributed by atoms with Gasteiger partial charge in [0, 0.05) is 131 Å². The number of nitrogens with zero attached hydrogens (tertiary/aromatic N) is 6. The maximum atomic E-state index is 7.10. The van der Waals surface area contributed by atoms with Crippen LogP contribution in [-0.4, -0.2) is 17.6 Å². The molecule has 0 amide bonds. The Morgan fingerprint density at radius 3 is 0.945 bits per heavy atom. The number of benzene rings is 15. The summed E-state index contributed by atoms with van der Waals surface area (Å²) >= 11 is 0. The Morgan fingerprint density at radius 1 is 0.203 bits per heavy atom. The average molecular weight is 1670 g/mol. The zero-order valence-corrected chi connectivity index (χ0v) is 78.8. The van der Waals surface area contributed by atoms with Gasteiger partial charge in [0.2, 0.25) is 0 Å². The molecule has 128 heavy (non-hydrogen) atoms. The summed E-state index contributed by atoms with van der Waals surface area (Å²) in [5.74, 6) is 0. The second-order valence-electron chi connectivity index (χ2n) is 44.9. The predicted octanol–water partition coefficient (Wildman–Crippen LogP) is 34.8. The first kappa shape index (κ1) is 79.5. The fraction of sp³-hybridized carbons (Fsp3) is 0.256. The van der Waals surface area contributed by atoms with Gasteiger partial charge in [-0.25, -0.2) is 0 Å². The van der Waals surface area contributed by atoms with Crippen LogP contribution in [0.1, 0.15) is 201 Å². The van der Waals surface area contributed by atoms with Crippen LogP contribution in [0.15, 0.2) is 259 Å². The van der Waals surface area contributed by atoms with Crippen LogP contribution in [0.3, 0.4) is 0 Å². The SMILES string of the molecule is Cc1ccc(C)c(N(c2ccccc2)c2ccc3c4cc(C(C)(C)C)cc5c6cc7c(cc6n(c3c2)c45)c2cc(C(C)(C)C)cc3c4cc(C(C)(C)C)ccc4n7c32)c1.Cc1ccccc1N(c1ccc2c3cc(C(C)(C)C)cc4c5cc6c(cc5n(c2c1)c34)c1cc(C(C)(C)C)cc2c3cc(C(C)(C)C)ccc3n6c21)c1cccc2c1oc1c(C(C)(C)C)cccc12. The Labute approximate surface area is 749 Å². The van der Waals surface area contributed by atoms with Crippen LogP contribution >= 0.6 is 0 Å². The summed E-state index contributed by atoms with van der Waals surface area (Å²) in [4.78, 5) is 4.87. The van der Waals surface area contributed by atoms with Gasteiger partial charge in [0.1, 0.15) is 5.58 Å². The monoisotopic (exact) mass is 1670 g/mol. The van der Waals surface area contributed by atoms with Crippen LogP contribution < -0.4 is 9.80 Å². The van der Waals surface area contributed by atoms with Crippen LogP contribution in [0.2, 0.25) is 0 Å². The molecule has 0 aliphatic rings. The zero-order chi connectivity index (χ0) is 89.1. The van der Waals surface area contributed by atoms with Crippen LogP contribution in [0, 0.1) is 20.8 Å². The summed E-state index contributed by atoms with van der Waals surface area (Å²) in [5, 5.41) is 23.3. The van der Waals surface area contributed by atoms with Crippen molar-refractivity contribution in [3.8, 4) is 0 Å². The van der Waals surface area contributed by atoms with Crippen molar-refractivity contribution in [2.24, 2.45) is 0 Å². The van der Waals surface area contributed by atoms with Crippen LogP contribution in [0.5, 0.6) is 0 Å². The predicted molar refractivity (Wildman–Crippen MR) is 553 cm³/mol. The molecule has 0 saturated carbocycles. The molecule has 0 atom stereocenters. The Balaban J connectivity index is 0.000000148. The third kappa shape index (κ3) is 11.6. The molecule has 9 heterocycles. The van der Waals surface area contributed by atoms with Crippen molar-refractivity contribution in [2.75, 3.05) is 9.80 Å². The van der Waals surface area contributed by atoms with E-state index in [1.54, 1.807) is 0 Å². The molecule has 0 N–H and O–H groups in total. The summed E-state index contributed by atoms with van der Waals surface area (Å²) in [7, 11) is 0. The molecule has 0 bridgehead atoms. The first-order valence-electron chi connectivity index (χ1n) is 46.3. The quantitative estimate of drug-likeness (QED) is 0.166. The molecule has 24 aromatic rings. The smallest absolute Gasteiger partial charge is 0.159 e. The van der Waals surface area contributed by atoms with Gasteiger partial charge in [-0.05, 0) is 260 Å². The maximum Gasteiger partial charge on any atom is 0.159 e. The minimum absolute atomic E-state index is 0.000700. The molecule has 9 aromatic heterocycles. The molecule has 0 unspecified atom stereocenters. The normalized spacial score (nSPS) is 13.5. The van der Waals surface area contributed by atoms with E-state index in [4.69, 9.17) is 4.42 Å². The molecule has 0 saturated heterocycles. The van der Waals surface area contributed by atoms with E-state index < -0.39 is 0 Å². The van der Waals surface area contributed by atoms with E-state index in [1.165, 1.54) is 214 Å². The summed E-state index contributed by atoms with van der Waals surface area (Å²) in [5.41, 5.74) is 36.9. The summed E-state index contributed by atoms with van der Waals surface area (Å²) in [6.45, 7) is 55.5. The van der Waals surface area contributed by atoms with Gasteiger partial charge in [-0.3, -0.25) is 0 Å². The topological polar surface area (TPSA) is 37.3 Å². The Kier molecular flexibility index (Phi) is 16.5. The van der Waals surface area contributed by atoms with Crippen molar-refractivity contribution in [1.82, 2.24) is 17.6 Å². The van der Waals surface area contributed by atoms with E-state index in [1.807, 2.05) is 0 Å². The Hall–Kier alpha value is -13.1. The summed E-state index contributed by atoms with van der Waals surface area (Å²) in [6, 6.07) is 98.2. The number of anilines is 6. The van der Waals surface area contributed by atoms with Gasteiger partial charge in [-0.15, -0.1) is 0 Å². The Bertz CT molecular complexity index is 8820. The van der Waals surface area contributed by atoms with Gasteiger partial charge in [0.15, 0.2) is 5.58 Å². The van der Waals surface area contributed by atoms with Crippen molar-refractivity contribution < 1.29 is 4.42 Å². The molecule has 24 rings (SSSR count). The molecule has 0 aliphatic heterocycles. The van der Waals surface area contributed by atoms with Crippen molar-refractivity contribution in [1.29, 1.82) is 0 Å². The van der Waals surface area contributed by atoms with Gasteiger partial charge in [0.05, 0.1) is 71.9 Å². The van der Waals surface area contributed by atoms with E-state index in [0.717, 1.165) is 50.4 Å². The van der Waals surface area contributed by atoms with Crippen molar-refractivity contribution in [3.05, 3.63) is 310 Å². The molecular weight excluding hydrogens is 1550 g/mol. The summed E-state index contributed by atoms with van der Waals surface area (Å²) < 4.78 is 17.4. The molecule has 7 nitrogen and oxygen atoms in total. The fourth-order valence-corrected chi connectivity index (χ4v) is 21.8. The van der Waals surface area contributed by atoms with Gasteiger partial charge in [0.25, 0.3) is 0 Å². The molecule has 0 radical (unpaired) electrons. The van der Waals surface area contributed by atoms with E-state index >= 15 is 0 Å². The number of para-hydroxylation sites is 4. The lowest BCUT2D eigenvalue weighted by atomic mass is 9.84. The number of hydrogen-bond acceptors (Lipinski definition) is 3. The van der Waals surface area contributed by atoms with Crippen molar-refractivity contribution in [3.63, 3.8) is 0 Å². The average Bonchev–Trinajstić information content (AvgIpc) is 1.52. The van der Waals surface area contributed by atoms with Gasteiger partial charge in [-0.2, -0.15) is 0 Å². The highest BCUT2D eigenvalue weighted by atomic mass is 16.3. The van der Waals surface area contributed by atoms with Gasteiger partial charge < -0.3 is 31.8 Å². The first-order chi connectivity index (χ1) is 60.6. The molecule has 634 valence electrons. The number of aryl methyl sites for hydroxylation is 3. The van der Waals surface area contributed by atoms with Crippen molar-refractivity contribution >= 4 is 208 Å². The molecular formula is C121H114N6O. The fourth-order valence-electron chi connectivity index (χ4n) is 21.8. The van der Waals surface area contributed by atoms with E-state index in [2.05, 4.69) is 448 Å². The highest BCUT2D eigenvalue weighted by molar-refractivity contribution is 6.32. The number of furan rings is 1. The van der Waals surface area contributed by atoms with Gasteiger partial charge in [-0.1, -0.05) is 249 Å². The highest BCUT2D eigenvalue weighted by Gasteiger charge is 2.34. The van der Waals surface area contributed by atoms with Crippen LogP contribution in [0.4, 0.5) is 34.1 Å². The second kappa shape index (κ2) is 26.5. The minimum atomic E-state index is -0.0781.